The van der Waals surface area contributed by atoms with Gasteiger partial charge in [0.2, 0.25) is 0 Å². The van der Waals surface area contributed by atoms with Crippen LogP contribution in [-0.4, -0.2) is 18.0 Å². The highest BCUT2D eigenvalue weighted by Gasteiger charge is 2.23. The maximum absolute atomic E-state index is 12.1. The molecule has 0 radical (unpaired) electrons. The number of benzene rings is 1. The van der Waals surface area contributed by atoms with Crippen LogP contribution in [0.1, 0.15) is 57.3 Å². The highest BCUT2D eigenvalue weighted by molar-refractivity contribution is 5.95. The summed E-state index contributed by atoms with van der Waals surface area (Å²) in [6.07, 6.45) is 3.76. The molecule has 0 heterocycles. The second kappa shape index (κ2) is 6.97. The first kappa shape index (κ1) is 15.9. The average molecular weight is 288 g/mol. The summed E-state index contributed by atoms with van der Waals surface area (Å²) in [6.45, 7) is 8.61. The Morgan fingerprint density at radius 1 is 1.14 bits per heavy atom. The van der Waals surface area contributed by atoms with E-state index in [1.807, 2.05) is 32.0 Å². The lowest BCUT2D eigenvalue weighted by Crippen LogP contribution is -2.31. The molecule has 1 aromatic rings. The lowest BCUT2D eigenvalue weighted by atomic mass is 9.80. The Kier molecular flexibility index (Phi) is 5.27. The van der Waals surface area contributed by atoms with Gasteiger partial charge in [0.05, 0.1) is 0 Å². The maximum atomic E-state index is 12.1. The SMILES string of the molecule is CC1CC(C)CC(Nc2cccc(C(=O)NC(C)C)c2)C1. The minimum atomic E-state index is -0.000898. The summed E-state index contributed by atoms with van der Waals surface area (Å²) in [5.41, 5.74) is 1.78. The molecule has 0 saturated heterocycles. The molecule has 1 aliphatic carbocycles. The van der Waals surface area contributed by atoms with Crippen LogP contribution < -0.4 is 10.6 Å². The van der Waals surface area contributed by atoms with Crippen LogP contribution in [0.15, 0.2) is 24.3 Å². The first-order valence-corrected chi connectivity index (χ1v) is 8.11. The molecular weight excluding hydrogens is 260 g/mol. The number of carbonyl (C=O) groups excluding carboxylic acids is 1. The molecule has 116 valence electrons. The summed E-state index contributed by atoms with van der Waals surface area (Å²) >= 11 is 0. The van der Waals surface area contributed by atoms with Crippen LogP contribution in [0.4, 0.5) is 5.69 Å². The second-order valence-electron chi connectivity index (χ2n) is 6.97. The van der Waals surface area contributed by atoms with Gasteiger partial charge in [-0.3, -0.25) is 4.79 Å². The van der Waals surface area contributed by atoms with Gasteiger partial charge in [-0.2, -0.15) is 0 Å². The highest BCUT2D eigenvalue weighted by atomic mass is 16.1. The molecule has 2 N–H and O–H groups in total. The molecule has 1 fully saturated rings. The molecular formula is C18H28N2O. The van der Waals surface area contributed by atoms with Crippen molar-refractivity contribution in [2.24, 2.45) is 11.8 Å². The molecule has 1 aliphatic rings. The molecule has 1 aromatic carbocycles. The Balaban J connectivity index is 2.02. The fourth-order valence-electron chi connectivity index (χ4n) is 3.40. The third-order valence-electron chi connectivity index (χ3n) is 4.09. The van der Waals surface area contributed by atoms with Gasteiger partial charge < -0.3 is 10.6 Å². The van der Waals surface area contributed by atoms with Crippen LogP contribution in [0.2, 0.25) is 0 Å². The van der Waals surface area contributed by atoms with Crippen LogP contribution >= 0.6 is 0 Å². The van der Waals surface area contributed by atoms with E-state index in [1.54, 1.807) is 0 Å². The molecule has 1 saturated carbocycles. The zero-order valence-corrected chi connectivity index (χ0v) is 13.6. The summed E-state index contributed by atoms with van der Waals surface area (Å²) in [4.78, 5) is 12.1. The highest BCUT2D eigenvalue weighted by Crippen LogP contribution is 2.30. The predicted octanol–water partition coefficient (Wildman–Crippen LogP) is 4.06. The van der Waals surface area contributed by atoms with Crippen molar-refractivity contribution < 1.29 is 4.79 Å². The summed E-state index contributed by atoms with van der Waals surface area (Å²) in [7, 11) is 0. The van der Waals surface area contributed by atoms with Gasteiger partial charge in [0.25, 0.3) is 5.91 Å². The number of anilines is 1. The molecule has 3 nitrogen and oxygen atoms in total. The van der Waals surface area contributed by atoms with Gasteiger partial charge in [-0.15, -0.1) is 0 Å². The Morgan fingerprint density at radius 3 is 2.43 bits per heavy atom. The second-order valence-corrected chi connectivity index (χ2v) is 6.97. The van der Waals surface area contributed by atoms with Crippen molar-refractivity contribution in [1.82, 2.24) is 5.32 Å². The molecule has 0 spiro atoms. The van der Waals surface area contributed by atoms with Crippen LogP contribution in [0.25, 0.3) is 0 Å². The van der Waals surface area contributed by atoms with E-state index in [1.165, 1.54) is 19.3 Å². The Morgan fingerprint density at radius 2 is 1.81 bits per heavy atom. The zero-order valence-electron chi connectivity index (χ0n) is 13.6. The van der Waals surface area contributed by atoms with Crippen molar-refractivity contribution in [2.45, 2.75) is 59.0 Å². The quantitative estimate of drug-likeness (QED) is 0.877. The van der Waals surface area contributed by atoms with Gasteiger partial charge in [-0.1, -0.05) is 19.9 Å². The van der Waals surface area contributed by atoms with E-state index in [9.17, 15) is 4.79 Å². The van der Waals surface area contributed by atoms with Crippen molar-refractivity contribution in [3.05, 3.63) is 29.8 Å². The fourth-order valence-corrected chi connectivity index (χ4v) is 3.40. The molecule has 2 rings (SSSR count). The number of nitrogens with one attached hydrogen (secondary N) is 2. The van der Waals surface area contributed by atoms with Gasteiger partial charge in [-0.05, 0) is 63.1 Å². The molecule has 0 bridgehead atoms. The molecule has 0 aromatic heterocycles. The summed E-state index contributed by atoms with van der Waals surface area (Å²) in [5, 5.41) is 6.55. The standard InChI is InChI=1S/C18H28N2O/c1-12(2)19-18(21)15-6-5-7-16(11-15)20-17-9-13(3)8-14(4)10-17/h5-7,11-14,17,20H,8-10H2,1-4H3,(H,19,21). The van der Waals surface area contributed by atoms with Crippen molar-refractivity contribution in [3.63, 3.8) is 0 Å². The summed E-state index contributed by atoms with van der Waals surface area (Å²) in [6, 6.07) is 8.52. The van der Waals surface area contributed by atoms with Gasteiger partial charge >= 0.3 is 0 Å². The van der Waals surface area contributed by atoms with E-state index in [4.69, 9.17) is 0 Å². The molecule has 3 heteroatoms. The van der Waals surface area contributed by atoms with Gasteiger partial charge in [0.1, 0.15) is 0 Å². The molecule has 21 heavy (non-hydrogen) atoms. The van der Waals surface area contributed by atoms with E-state index in [-0.39, 0.29) is 11.9 Å². The van der Waals surface area contributed by atoms with Gasteiger partial charge in [-0.25, -0.2) is 0 Å². The fraction of sp³-hybridized carbons (Fsp3) is 0.611. The summed E-state index contributed by atoms with van der Waals surface area (Å²) < 4.78 is 0. The molecule has 0 aliphatic heterocycles. The third-order valence-corrected chi connectivity index (χ3v) is 4.09. The minimum absolute atomic E-state index is 0.000898. The minimum Gasteiger partial charge on any atom is -0.382 e. The Labute approximate surface area is 128 Å². The van der Waals surface area contributed by atoms with Gasteiger partial charge in [0, 0.05) is 23.3 Å². The first-order chi connectivity index (χ1) is 9.94. The van der Waals surface area contributed by atoms with E-state index >= 15 is 0 Å². The topological polar surface area (TPSA) is 41.1 Å². The van der Waals surface area contributed by atoms with E-state index < -0.39 is 0 Å². The summed E-state index contributed by atoms with van der Waals surface area (Å²) in [5.74, 6) is 1.55. The molecule has 2 atom stereocenters. The van der Waals surface area contributed by atoms with E-state index in [0.717, 1.165) is 23.1 Å². The van der Waals surface area contributed by atoms with Gasteiger partial charge in [0.15, 0.2) is 0 Å². The average Bonchev–Trinajstić information content (AvgIpc) is 2.37. The van der Waals surface area contributed by atoms with E-state index in [2.05, 4.69) is 30.5 Å². The van der Waals surface area contributed by atoms with Crippen LogP contribution in [0.3, 0.4) is 0 Å². The van der Waals surface area contributed by atoms with Crippen LogP contribution in [0.5, 0.6) is 0 Å². The number of amides is 1. The van der Waals surface area contributed by atoms with Crippen molar-refractivity contribution >= 4 is 11.6 Å². The Bertz CT molecular complexity index is 474. The lowest BCUT2D eigenvalue weighted by Gasteiger charge is -2.32. The largest absolute Gasteiger partial charge is 0.382 e. The normalized spacial score (nSPS) is 25.7. The number of rotatable bonds is 4. The van der Waals surface area contributed by atoms with Crippen molar-refractivity contribution in [3.8, 4) is 0 Å². The monoisotopic (exact) mass is 288 g/mol. The van der Waals surface area contributed by atoms with Crippen molar-refractivity contribution in [1.29, 1.82) is 0 Å². The van der Waals surface area contributed by atoms with Crippen LogP contribution in [-0.2, 0) is 0 Å². The van der Waals surface area contributed by atoms with Crippen LogP contribution in [0, 0.1) is 11.8 Å². The predicted molar refractivity (Wildman–Crippen MR) is 88.6 cm³/mol. The Hall–Kier alpha value is -1.51. The van der Waals surface area contributed by atoms with Crippen molar-refractivity contribution in [2.75, 3.05) is 5.32 Å². The number of hydrogen-bond donors (Lipinski definition) is 2. The maximum Gasteiger partial charge on any atom is 0.251 e. The molecule has 2 unspecified atom stereocenters. The number of hydrogen-bond acceptors (Lipinski definition) is 2. The smallest absolute Gasteiger partial charge is 0.251 e. The first-order valence-electron chi connectivity index (χ1n) is 8.11. The molecule has 1 amide bonds. The third kappa shape index (κ3) is 4.76. The van der Waals surface area contributed by atoms with E-state index in [0.29, 0.717) is 6.04 Å². The number of carbonyl (C=O) groups is 1. The zero-order chi connectivity index (χ0) is 15.4. The lowest BCUT2D eigenvalue weighted by molar-refractivity contribution is 0.0943.